The van der Waals surface area contributed by atoms with Crippen LogP contribution in [0.4, 0.5) is 10.1 Å². The Morgan fingerprint density at radius 3 is 2.75 bits per heavy atom. The molecule has 0 amide bonds. The minimum atomic E-state index is -1.34. The normalized spacial score (nSPS) is 17.7. The molecular weight excluding hydrogens is 207 g/mol. The smallest absolute Gasteiger partial charge is 0.200 e. The first-order valence-electron chi connectivity index (χ1n) is 5.22. The molecule has 0 bridgehead atoms. The molecular formula is C12H15FN2O. The third-order valence-electron chi connectivity index (χ3n) is 2.64. The zero-order valence-electron chi connectivity index (χ0n) is 9.46. The van der Waals surface area contributed by atoms with E-state index in [0.717, 1.165) is 5.56 Å². The number of ether oxygens (including phenoxy) is 1. The number of benzene rings is 1. The van der Waals surface area contributed by atoms with Gasteiger partial charge in [-0.3, -0.25) is 4.99 Å². The molecule has 1 aliphatic carbocycles. The van der Waals surface area contributed by atoms with Gasteiger partial charge in [0.25, 0.3) is 0 Å². The minimum Gasteiger partial charge on any atom is -0.495 e. The Labute approximate surface area is 94.1 Å². The molecule has 4 heteroatoms. The van der Waals surface area contributed by atoms with Crippen molar-refractivity contribution >= 4 is 11.9 Å². The van der Waals surface area contributed by atoms with Crippen molar-refractivity contribution in [3.05, 3.63) is 23.3 Å². The van der Waals surface area contributed by atoms with Crippen LogP contribution in [0.1, 0.15) is 24.0 Å². The Hall–Kier alpha value is -1.58. The number of hydrogen-bond acceptors (Lipinski definition) is 3. The van der Waals surface area contributed by atoms with E-state index in [2.05, 4.69) is 4.99 Å². The number of halogens is 1. The number of anilines is 1. The molecule has 0 spiro atoms. The van der Waals surface area contributed by atoms with Crippen LogP contribution in [0, 0.1) is 6.92 Å². The second-order valence-corrected chi connectivity index (χ2v) is 4.15. The van der Waals surface area contributed by atoms with E-state index in [1.165, 1.54) is 6.21 Å². The topological polar surface area (TPSA) is 47.6 Å². The second-order valence-electron chi connectivity index (χ2n) is 4.15. The van der Waals surface area contributed by atoms with Crippen LogP contribution in [0.2, 0.25) is 0 Å². The summed E-state index contributed by atoms with van der Waals surface area (Å²) in [5.74, 6) is -0.742. The van der Waals surface area contributed by atoms with Gasteiger partial charge in [-0.1, -0.05) is 0 Å². The Kier molecular flexibility index (Phi) is 2.58. The van der Waals surface area contributed by atoms with Gasteiger partial charge in [-0.05, 0) is 24.6 Å². The number of aliphatic imine (C=N–C) groups is 1. The zero-order chi connectivity index (χ0) is 11.8. The summed E-state index contributed by atoms with van der Waals surface area (Å²) in [5, 5.41) is 0. The van der Waals surface area contributed by atoms with Crippen molar-refractivity contribution in [1.29, 1.82) is 0 Å². The van der Waals surface area contributed by atoms with Gasteiger partial charge < -0.3 is 10.5 Å². The predicted octanol–water partition coefficient (Wildman–Crippen LogP) is 2.46. The first kappa shape index (κ1) is 10.9. The lowest BCUT2D eigenvalue weighted by atomic mass is 10.1. The van der Waals surface area contributed by atoms with Crippen LogP contribution in [0.3, 0.4) is 0 Å². The van der Waals surface area contributed by atoms with Crippen LogP contribution in [0.5, 0.6) is 5.75 Å². The molecule has 2 rings (SSSR count). The summed E-state index contributed by atoms with van der Waals surface area (Å²) in [5.41, 5.74) is 8.09. The van der Waals surface area contributed by atoms with Crippen molar-refractivity contribution < 1.29 is 9.13 Å². The SMILES string of the molecule is COc1cc(C)cc(/C=N/C2(F)CC2)c1N. The van der Waals surface area contributed by atoms with E-state index in [9.17, 15) is 4.39 Å². The molecule has 86 valence electrons. The van der Waals surface area contributed by atoms with Crippen molar-refractivity contribution in [2.24, 2.45) is 4.99 Å². The number of aryl methyl sites for hydroxylation is 1. The maximum atomic E-state index is 13.3. The molecule has 1 fully saturated rings. The number of alkyl halides is 1. The highest BCUT2D eigenvalue weighted by molar-refractivity contribution is 5.89. The quantitative estimate of drug-likeness (QED) is 0.485. The lowest BCUT2D eigenvalue weighted by Crippen LogP contribution is -2.01. The van der Waals surface area contributed by atoms with Gasteiger partial charge in [0.15, 0.2) is 5.79 Å². The summed E-state index contributed by atoms with van der Waals surface area (Å²) < 4.78 is 18.5. The van der Waals surface area contributed by atoms with Gasteiger partial charge in [0.1, 0.15) is 5.75 Å². The number of nitrogen functional groups attached to an aromatic ring is 1. The van der Waals surface area contributed by atoms with Crippen LogP contribution < -0.4 is 10.5 Å². The highest BCUT2D eigenvalue weighted by Gasteiger charge is 2.42. The Bertz CT molecular complexity index is 439. The second kappa shape index (κ2) is 3.77. The molecule has 0 heterocycles. The molecule has 3 nitrogen and oxygen atoms in total. The molecule has 0 aromatic heterocycles. The molecule has 0 saturated heterocycles. The van der Waals surface area contributed by atoms with Crippen molar-refractivity contribution in [2.45, 2.75) is 25.6 Å². The summed E-state index contributed by atoms with van der Waals surface area (Å²) in [4.78, 5) is 3.89. The molecule has 1 aliphatic rings. The van der Waals surface area contributed by atoms with Crippen molar-refractivity contribution in [2.75, 3.05) is 12.8 Å². The van der Waals surface area contributed by atoms with Crippen LogP contribution in [-0.4, -0.2) is 19.1 Å². The van der Waals surface area contributed by atoms with Gasteiger partial charge in [-0.2, -0.15) is 0 Å². The number of nitrogens with two attached hydrogens (primary N) is 1. The van der Waals surface area contributed by atoms with E-state index in [1.807, 2.05) is 19.1 Å². The van der Waals surface area contributed by atoms with Crippen LogP contribution in [0.15, 0.2) is 17.1 Å². The molecule has 0 radical (unpaired) electrons. The highest BCUT2D eigenvalue weighted by atomic mass is 19.1. The van der Waals surface area contributed by atoms with Crippen LogP contribution >= 0.6 is 0 Å². The summed E-state index contributed by atoms with van der Waals surface area (Å²) in [7, 11) is 1.56. The first-order valence-corrected chi connectivity index (χ1v) is 5.22. The van der Waals surface area contributed by atoms with Gasteiger partial charge in [0.05, 0.1) is 12.8 Å². The van der Waals surface area contributed by atoms with Crippen LogP contribution in [0.25, 0.3) is 0 Å². The Balaban J connectivity index is 2.32. The summed E-state index contributed by atoms with van der Waals surface area (Å²) >= 11 is 0. The summed E-state index contributed by atoms with van der Waals surface area (Å²) in [6, 6.07) is 3.71. The van der Waals surface area contributed by atoms with Crippen molar-refractivity contribution in [3.8, 4) is 5.75 Å². The molecule has 1 aromatic rings. The molecule has 1 saturated carbocycles. The Morgan fingerprint density at radius 1 is 1.50 bits per heavy atom. The lowest BCUT2D eigenvalue weighted by Gasteiger charge is -2.08. The standard InChI is InChI=1S/C12H15FN2O/c1-8-5-9(7-15-12(13)3-4-12)11(14)10(6-8)16-2/h5-7H,3-4,14H2,1-2H3/b15-7+. The fourth-order valence-corrected chi connectivity index (χ4v) is 1.48. The van der Waals surface area contributed by atoms with Gasteiger partial charge in [-0.25, -0.2) is 4.39 Å². The van der Waals surface area contributed by atoms with E-state index >= 15 is 0 Å². The third kappa shape index (κ3) is 2.15. The van der Waals surface area contributed by atoms with Crippen LogP contribution in [-0.2, 0) is 0 Å². The first-order chi connectivity index (χ1) is 7.54. The fraction of sp³-hybridized carbons (Fsp3) is 0.417. The minimum absolute atomic E-state index is 0.501. The summed E-state index contributed by atoms with van der Waals surface area (Å²) in [6.45, 7) is 1.93. The number of rotatable bonds is 3. The van der Waals surface area contributed by atoms with E-state index in [4.69, 9.17) is 10.5 Å². The zero-order valence-corrected chi connectivity index (χ0v) is 9.46. The summed E-state index contributed by atoms with van der Waals surface area (Å²) in [6.07, 6.45) is 2.51. The maximum Gasteiger partial charge on any atom is 0.200 e. The molecule has 0 atom stereocenters. The predicted molar refractivity (Wildman–Crippen MR) is 62.8 cm³/mol. The number of methoxy groups -OCH3 is 1. The Morgan fingerprint density at radius 2 is 2.19 bits per heavy atom. The van der Waals surface area contributed by atoms with E-state index in [0.29, 0.717) is 29.8 Å². The molecule has 2 N–H and O–H groups in total. The molecule has 1 aromatic carbocycles. The van der Waals surface area contributed by atoms with E-state index in [-0.39, 0.29) is 0 Å². The largest absolute Gasteiger partial charge is 0.495 e. The monoisotopic (exact) mass is 222 g/mol. The van der Waals surface area contributed by atoms with Gasteiger partial charge >= 0.3 is 0 Å². The van der Waals surface area contributed by atoms with Gasteiger partial charge in [-0.15, -0.1) is 0 Å². The van der Waals surface area contributed by atoms with Crippen molar-refractivity contribution in [1.82, 2.24) is 0 Å². The fourth-order valence-electron chi connectivity index (χ4n) is 1.48. The average molecular weight is 222 g/mol. The van der Waals surface area contributed by atoms with Gasteiger partial charge in [0, 0.05) is 24.6 Å². The number of hydrogen-bond donors (Lipinski definition) is 1. The molecule has 0 aliphatic heterocycles. The van der Waals surface area contributed by atoms with E-state index < -0.39 is 5.79 Å². The van der Waals surface area contributed by atoms with Gasteiger partial charge in [0.2, 0.25) is 0 Å². The maximum absolute atomic E-state index is 13.3. The average Bonchev–Trinajstić information content (AvgIpc) is 2.98. The van der Waals surface area contributed by atoms with Crippen molar-refractivity contribution in [3.63, 3.8) is 0 Å². The molecule has 0 unspecified atom stereocenters. The highest BCUT2D eigenvalue weighted by Crippen LogP contribution is 2.41. The third-order valence-corrected chi connectivity index (χ3v) is 2.64. The lowest BCUT2D eigenvalue weighted by molar-refractivity contribution is 0.325. The van der Waals surface area contributed by atoms with E-state index in [1.54, 1.807) is 7.11 Å². The molecule has 16 heavy (non-hydrogen) atoms. The number of nitrogens with zero attached hydrogens (tertiary/aromatic N) is 1.